The van der Waals surface area contributed by atoms with Gasteiger partial charge in [-0.2, -0.15) is 0 Å². The van der Waals surface area contributed by atoms with Gasteiger partial charge in [-0.1, -0.05) is 22.0 Å². The van der Waals surface area contributed by atoms with Crippen molar-refractivity contribution in [2.75, 3.05) is 5.75 Å². The van der Waals surface area contributed by atoms with Crippen LogP contribution in [0.3, 0.4) is 0 Å². The molecule has 0 aromatic carbocycles. The molecule has 1 heterocycles. The van der Waals surface area contributed by atoms with Gasteiger partial charge in [0.2, 0.25) is 0 Å². The third kappa shape index (κ3) is 1.50. The molecule has 0 radical (unpaired) electrons. The maximum atomic E-state index is 3.53. The molecule has 0 fully saturated rings. The summed E-state index contributed by atoms with van der Waals surface area (Å²) < 4.78 is 0.289. The molecule has 0 aromatic heterocycles. The number of hydrogen-bond acceptors (Lipinski definition) is 1. The highest BCUT2D eigenvalue weighted by atomic mass is 79.9. The summed E-state index contributed by atoms with van der Waals surface area (Å²) in [5.74, 6) is 1.17. The van der Waals surface area contributed by atoms with E-state index in [2.05, 4.69) is 34.3 Å². The Morgan fingerprint density at radius 3 is 2.71 bits per heavy atom. The summed E-state index contributed by atoms with van der Waals surface area (Å²) >= 11 is 5.39. The van der Waals surface area contributed by atoms with Gasteiger partial charge < -0.3 is 0 Å². The minimum absolute atomic E-state index is 0.289. The van der Waals surface area contributed by atoms with Crippen molar-refractivity contribution in [2.24, 2.45) is 0 Å². The van der Waals surface area contributed by atoms with Crippen LogP contribution in [0.5, 0.6) is 0 Å². The molecule has 1 aliphatic heterocycles. The van der Waals surface area contributed by atoms with Crippen LogP contribution >= 0.6 is 27.7 Å². The summed E-state index contributed by atoms with van der Waals surface area (Å²) in [5.41, 5.74) is 0. The predicted octanol–water partition coefficient (Wildman–Crippen LogP) is 2.40. The highest BCUT2D eigenvalue weighted by Gasteiger charge is 2.19. The largest absolute Gasteiger partial charge is 0.133 e. The Morgan fingerprint density at radius 1 is 1.86 bits per heavy atom. The van der Waals surface area contributed by atoms with Crippen LogP contribution in [0.4, 0.5) is 0 Å². The van der Waals surface area contributed by atoms with Gasteiger partial charge in [-0.3, -0.25) is 0 Å². The first-order valence-electron chi connectivity index (χ1n) is 2.19. The van der Waals surface area contributed by atoms with Crippen molar-refractivity contribution in [3.05, 3.63) is 11.5 Å². The van der Waals surface area contributed by atoms with E-state index in [4.69, 9.17) is 0 Å². The van der Waals surface area contributed by atoms with Crippen molar-refractivity contribution in [1.29, 1.82) is 0 Å². The first-order chi connectivity index (χ1) is 3.21. The lowest BCUT2D eigenvalue weighted by atomic mass is 10.2. The second kappa shape index (κ2) is 1.82. The van der Waals surface area contributed by atoms with Crippen LogP contribution in [-0.2, 0) is 0 Å². The zero-order valence-corrected chi connectivity index (χ0v) is 6.55. The predicted molar refractivity (Wildman–Crippen MR) is 38.9 cm³/mol. The Kier molecular flexibility index (Phi) is 1.49. The molecule has 1 aliphatic rings. The van der Waals surface area contributed by atoms with E-state index >= 15 is 0 Å². The van der Waals surface area contributed by atoms with E-state index < -0.39 is 0 Å². The fourth-order valence-electron chi connectivity index (χ4n) is 0.449. The summed E-state index contributed by atoms with van der Waals surface area (Å²) in [4.78, 5) is 0. The molecular formula is C5H7BrS. The van der Waals surface area contributed by atoms with Crippen molar-refractivity contribution in [1.82, 2.24) is 0 Å². The molecule has 0 saturated carbocycles. The van der Waals surface area contributed by atoms with Crippen LogP contribution in [0.1, 0.15) is 6.92 Å². The molecule has 0 saturated heterocycles. The van der Waals surface area contributed by atoms with Crippen molar-refractivity contribution in [3.63, 3.8) is 0 Å². The van der Waals surface area contributed by atoms with Crippen LogP contribution in [0.2, 0.25) is 0 Å². The molecule has 0 nitrogen and oxygen atoms in total. The summed E-state index contributed by atoms with van der Waals surface area (Å²) in [5, 5.41) is 2.13. The fourth-order valence-corrected chi connectivity index (χ4v) is 2.07. The Bertz CT molecular complexity index is 96.3. The molecule has 0 N–H and O–H groups in total. The van der Waals surface area contributed by atoms with Gasteiger partial charge >= 0.3 is 0 Å². The average molecular weight is 179 g/mol. The van der Waals surface area contributed by atoms with Gasteiger partial charge in [0.15, 0.2) is 0 Å². The van der Waals surface area contributed by atoms with Crippen molar-refractivity contribution in [3.8, 4) is 0 Å². The molecule has 0 spiro atoms. The second-order valence-electron chi connectivity index (χ2n) is 1.89. The average Bonchev–Trinajstić information content (AvgIpc) is 1.84. The van der Waals surface area contributed by atoms with E-state index in [-0.39, 0.29) is 4.32 Å². The van der Waals surface area contributed by atoms with Crippen LogP contribution < -0.4 is 0 Å². The van der Waals surface area contributed by atoms with Crippen LogP contribution in [-0.4, -0.2) is 10.1 Å². The Labute approximate surface area is 56.5 Å². The quantitative estimate of drug-likeness (QED) is 0.514. The third-order valence-corrected chi connectivity index (χ3v) is 2.89. The minimum atomic E-state index is 0.289. The maximum absolute atomic E-state index is 3.53. The SMILES string of the molecule is CC1(Br)C=CSC1. The lowest BCUT2D eigenvalue weighted by Crippen LogP contribution is -2.09. The molecule has 1 unspecified atom stereocenters. The van der Waals surface area contributed by atoms with Crippen molar-refractivity contribution in [2.45, 2.75) is 11.2 Å². The standard InChI is InChI=1S/C5H7BrS/c1-5(6)2-3-7-4-5/h2-3H,4H2,1H3. The molecule has 1 atom stereocenters. The van der Waals surface area contributed by atoms with Crippen LogP contribution in [0, 0.1) is 0 Å². The normalized spacial score (nSPS) is 39.7. The zero-order valence-electron chi connectivity index (χ0n) is 4.15. The zero-order chi connectivity index (χ0) is 5.33. The van der Waals surface area contributed by atoms with Crippen molar-refractivity contribution >= 4 is 27.7 Å². The van der Waals surface area contributed by atoms with Gasteiger partial charge in [-0.25, -0.2) is 0 Å². The molecule has 0 amide bonds. The van der Waals surface area contributed by atoms with Gasteiger partial charge in [0.1, 0.15) is 0 Å². The van der Waals surface area contributed by atoms with Gasteiger partial charge in [0, 0.05) is 5.75 Å². The third-order valence-electron chi connectivity index (χ3n) is 0.877. The summed E-state index contributed by atoms with van der Waals surface area (Å²) in [6, 6.07) is 0. The monoisotopic (exact) mass is 178 g/mol. The lowest BCUT2D eigenvalue weighted by Gasteiger charge is -2.07. The van der Waals surface area contributed by atoms with Crippen molar-refractivity contribution < 1.29 is 0 Å². The number of allylic oxidation sites excluding steroid dienone is 1. The highest BCUT2D eigenvalue weighted by Crippen LogP contribution is 2.31. The first-order valence-corrected chi connectivity index (χ1v) is 4.03. The number of rotatable bonds is 0. The fraction of sp³-hybridized carbons (Fsp3) is 0.600. The Morgan fingerprint density at radius 2 is 2.57 bits per heavy atom. The number of alkyl halides is 1. The van der Waals surface area contributed by atoms with E-state index in [0.717, 1.165) is 0 Å². The van der Waals surface area contributed by atoms with E-state index in [0.29, 0.717) is 0 Å². The summed E-state index contributed by atoms with van der Waals surface area (Å²) in [6.07, 6.45) is 2.18. The number of halogens is 1. The van der Waals surface area contributed by atoms with Crippen LogP contribution in [0.15, 0.2) is 11.5 Å². The molecule has 40 valence electrons. The molecule has 0 aliphatic carbocycles. The Balaban J connectivity index is 2.57. The summed E-state index contributed by atoms with van der Waals surface area (Å²) in [7, 11) is 0. The lowest BCUT2D eigenvalue weighted by molar-refractivity contribution is 0.952. The summed E-state index contributed by atoms with van der Waals surface area (Å²) in [6.45, 7) is 2.17. The topological polar surface area (TPSA) is 0 Å². The van der Waals surface area contributed by atoms with E-state index in [1.165, 1.54) is 5.75 Å². The van der Waals surface area contributed by atoms with Gasteiger partial charge in [0.05, 0.1) is 4.32 Å². The maximum Gasteiger partial charge on any atom is 0.0510 e. The highest BCUT2D eigenvalue weighted by molar-refractivity contribution is 9.10. The second-order valence-corrected chi connectivity index (χ2v) is 4.60. The van der Waals surface area contributed by atoms with Crippen LogP contribution in [0.25, 0.3) is 0 Å². The molecule has 0 aromatic rings. The van der Waals surface area contributed by atoms with Gasteiger partial charge in [-0.05, 0) is 12.3 Å². The molecular weight excluding hydrogens is 172 g/mol. The smallest absolute Gasteiger partial charge is 0.0510 e. The van der Waals surface area contributed by atoms with Gasteiger partial charge in [-0.15, -0.1) is 11.8 Å². The van der Waals surface area contributed by atoms with Gasteiger partial charge in [0.25, 0.3) is 0 Å². The van der Waals surface area contributed by atoms with E-state index in [1.807, 2.05) is 11.8 Å². The number of hydrogen-bond donors (Lipinski definition) is 0. The first kappa shape index (κ1) is 5.70. The molecule has 0 bridgehead atoms. The van der Waals surface area contributed by atoms with E-state index in [1.54, 1.807) is 0 Å². The number of thioether (sulfide) groups is 1. The molecule has 7 heavy (non-hydrogen) atoms. The molecule has 2 heteroatoms. The Hall–Kier alpha value is 0.570. The minimum Gasteiger partial charge on any atom is -0.133 e. The molecule has 1 rings (SSSR count). The van der Waals surface area contributed by atoms with E-state index in [9.17, 15) is 0 Å².